The summed E-state index contributed by atoms with van der Waals surface area (Å²) in [6.45, 7) is 1.85. The normalized spacial score (nSPS) is 21.3. The van der Waals surface area contributed by atoms with Gasteiger partial charge in [0.2, 0.25) is 5.91 Å². The maximum atomic E-state index is 12.3. The summed E-state index contributed by atoms with van der Waals surface area (Å²) in [5, 5.41) is 10.3. The number of carbonyl (C=O) groups is 1. The molecule has 1 amide bonds. The Bertz CT molecular complexity index is 1290. The number of carbonyl (C=O) groups excluding carboxylic acids is 1. The number of β-amino-alcohol motifs (C(OH)–C–C–N with tert-alkyl or cyclic N) is 1. The molecule has 0 spiro atoms. The zero-order chi connectivity index (χ0) is 21.1. The molecule has 1 saturated carbocycles. The average Bonchev–Trinajstić information content (AvgIpc) is 3.15. The van der Waals surface area contributed by atoms with Crippen molar-refractivity contribution in [1.82, 2.24) is 24.3 Å². The molecule has 4 heterocycles. The lowest BCUT2D eigenvalue weighted by Crippen LogP contribution is -2.30. The second kappa shape index (κ2) is 6.81. The van der Waals surface area contributed by atoms with Crippen molar-refractivity contribution < 1.29 is 14.6 Å². The van der Waals surface area contributed by atoms with Crippen LogP contribution in [0.1, 0.15) is 38.1 Å². The minimum absolute atomic E-state index is 0.0687. The monoisotopic (exact) mass is 417 g/mol. The van der Waals surface area contributed by atoms with Gasteiger partial charge in [-0.05, 0) is 43.2 Å². The number of benzene rings is 1. The molecule has 1 aromatic carbocycles. The van der Waals surface area contributed by atoms with Crippen LogP contribution in [0.4, 0.5) is 0 Å². The van der Waals surface area contributed by atoms with Gasteiger partial charge in [0.1, 0.15) is 11.6 Å². The van der Waals surface area contributed by atoms with Crippen LogP contribution in [-0.4, -0.2) is 54.0 Å². The van der Waals surface area contributed by atoms with Crippen LogP contribution < -0.4 is 4.74 Å². The molecule has 0 bridgehead atoms. The zero-order valence-electron chi connectivity index (χ0n) is 17.2. The van der Waals surface area contributed by atoms with Crippen LogP contribution in [0.25, 0.3) is 27.9 Å². The number of ether oxygens (including phenoxy) is 1. The summed E-state index contributed by atoms with van der Waals surface area (Å²) in [4.78, 5) is 26.7. The van der Waals surface area contributed by atoms with Crippen molar-refractivity contribution >= 4 is 22.6 Å². The number of H-pyrrole nitrogens is 1. The van der Waals surface area contributed by atoms with Crippen LogP contribution in [0, 0.1) is 0 Å². The van der Waals surface area contributed by atoms with Crippen LogP contribution in [-0.2, 0) is 4.79 Å². The van der Waals surface area contributed by atoms with Crippen molar-refractivity contribution in [2.45, 2.75) is 44.4 Å². The molecule has 0 unspecified atom stereocenters. The van der Waals surface area contributed by atoms with Crippen molar-refractivity contribution in [1.29, 1.82) is 0 Å². The number of rotatable bonds is 4. The molecule has 2 fully saturated rings. The average molecular weight is 417 g/mol. The Morgan fingerprint density at radius 3 is 2.74 bits per heavy atom. The predicted octanol–water partition coefficient (Wildman–Crippen LogP) is 3.07. The highest BCUT2D eigenvalue weighted by atomic mass is 16.5. The number of likely N-dealkylation sites (tertiary alicyclic amines) is 1. The fourth-order valence-corrected chi connectivity index (χ4v) is 4.50. The van der Waals surface area contributed by atoms with E-state index in [4.69, 9.17) is 9.72 Å². The number of nitrogens with one attached hydrogen (secondary N) is 1. The molecule has 1 aliphatic carbocycles. The van der Waals surface area contributed by atoms with E-state index in [2.05, 4.69) is 14.4 Å². The highest BCUT2D eigenvalue weighted by Crippen LogP contribution is 2.37. The van der Waals surface area contributed by atoms with E-state index < -0.39 is 6.10 Å². The largest absolute Gasteiger partial charge is 0.490 e. The Hall–Kier alpha value is -3.39. The van der Waals surface area contributed by atoms with Gasteiger partial charge in [-0.15, -0.1) is 0 Å². The number of aliphatic hydroxyl groups excluding tert-OH is 1. The van der Waals surface area contributed by atoms with Crippen molar-refractivity contribution in [3.63, 3.8) is 0 Å². The first kappa shape index (κ1) is 18.4. The van der Waals surface area contributed by atoms with E-state index >= 15 is 0 Å². The SMILES string of the molecule is CC(=O)N1C[C@H](O)C[C@@H]1c1nc(-c2ccc(OC3CC3)cc2)c2cnc3[nH]ccc3n12. The number of nitrogens with zero attached hydrogens (tertiary/aromatic N) is 4. The highest BCUT2D eigenvalue weighted by molar-refractivity contribution is 5.84. The Balaban J connectivity index is 1.52. The van der Waals surface area contributed by atoms with Crippen molar-refractivity contribution in [3.05, 3.63) is 48.5 Å². The second-order valence-electron chi connectivity index (χ2n) is 8.43. The van der Waals surface area contributed by atoms with E-state index in [1.54, 1.807) is 4.90 Å². The van der Waals surface area contributed by atoms with E-state index in [9.17, 15) is 9.90 Å². The Kier molecular flexibility index (Phi) is 4.04. The van der Waals surface area contributed by atoms with E-state index in [1.165, 1.54) is 6.92 Å². The number of imidazole rings is 1. The molecule has 4 aromatic rings. The fraction of sp³-hybridized carbons (Fsp3) is 0.348. The third-order valence-electron chi connectivity index (χ3n) is 6.14. The molecule has 2 aliphatic rings. The van der Waals surface area contributed by atoms with Crippen LogP contribution in [0.15, 0.2) is 42.7 Å². The van der Waals surface area contributed by atoms with Gasteiger partial charge in [-0.1, -0.05) is 0 Å². The van der Waals surface area contributed by atoms with Gasteiger partial charge in [0, 0.05) is 31.6 Å². The molecule has 2 atom stereocenters. The van der Waals surface area contributed by atoms with Crippen LogP contribution in [0.3, 0.4) is 0 Å². The van der Waals surface area contributed by atoms with E-state index in [1.807, 2.05) is 42.7 Å². The number of aliphatic hydroxyl groups is 1. The minimum atomic E-state index is -0.563. The maximum Gasteiger partial charge on any atom is 0.220 e. The lowest BCUT2D eigenvalue weighted by Gasteiger charge is -2.22. The van der Waals surface area contributed by atoms with Crippen LogP contribution >= 0.6 is 0 Å². The van der Waals surface area contributed by atoms with Crippen molar-refractivity contribution in [3.8, 4) is 17.0 Å². The lowest BCUT2D eigenvalue weighted by molar-refractivity contribution is -0.130. The molecular weight excluding hydrogens is 394 g/mol. The number of aromatic nitrogens is 4. The quantitative estimate of drug-likeness (QED) is 0.532. The summed E-state index contributed by atoms with van der Waals surface area (Å²) in [6.07, 6.45) is 6.14. The molecule has 1 aliphatic heterocycles. The standard InChI is InChI=1S/C23H23N5O3/c1-13(29)27-12-15(30)10-19(27)23-26-21(14-2-4-16(5-3-14)31-17-6-7-17)20-11-25-22-18(28(20)23)8-9-24-22/h2-5,8-9,11,15,17,19,24,30H,6-7,10,12H2,1H3/t15-,19-/m1/s1. The first-order valence-electron chi connectivity index (χ1n) is 10.7. The molecule has 1 saturated heterocycles. The van der Waals surface area contributed by atoms with Gasteiger partial charge in [-0.2, -0.15) is 0 Å². The molecule has 8 heteroatoms. The van der Waals surface area contributed by atoms with Crippen molar-refractivity contribution in [2.75, 3.05) is 6.54 Å². The van der Waals surface area contributed by atoms with Gasteiger partial charge in [0.15, 0.2) is 5.65 Å². The molecule has 3 aromatic heterocycles. The minimum Gasteiger partial charge on any atom is -0.490 e. The molecular formula is C23H23N5O3. The second-order valence-corrected chi connectivity index (χ2v) is 8.43. The third kappa shape index (κ3) is 3.06. The lowest BCUT2D eigenvalue weighted by atomic mass is 10.1. The van der Waals surface area contributed by atoms with E-state index in [-0.39, 0.29) is 11.9 Å². The first-order valence-corrected chi connectivity index (χ1v) is 10.7. The summed E-state index contributed by atoms with van der Waals surface area (Å²) in [5.74, 6) is 1.53. The fourth-order valence-electron chi connectivity index (χ4n) is 4.50. The van der Waals surface area contributed by atoms with E-state index in [0.717, 1.165) is 52.4 Å². The molecule has 8 nitrogen and oxygen atoms in total. The number of hydrogen-bond donors (Lipinski definition) is 2. The number of hydrogen-bond acceptors (Lipinski definition) is 5. The highest BCUT2D eigenvalue weighted by Gasteiger charge is 2.37. The maximum absolute atomic E-state index is 12.3. The summed E-state index contributed by atoms with van der Waals surface area (Å²) in [5.41, 5.74) is 4.26. The topological polar surface area (TPSA) is 95.8 Å². The summed E-state index contributed by atoms with van der Waals surface area (Å²) in [7, 11) is 0. The molecule has 158 valence electrons. The molecule has 2 N–H and O–H groups in total. The molecule has 0 radical (unpaired) electrons. The number of amides is 1. The zero-order valence-corrected chi connectivity index (χ0v) is 17.2. The number of aromatic amines is 1. The van der Waals surface area contributed by atoms with Gasteiger partial charge < -0.3 is 19.7 Å². The molecule has 6 rings (SSSR count). The smallest absolute Gasteiger partial charge is 0.220 e. The van der Waals surface area contributed by atoms with Gasteiger partial charge in [0.05, 0.1) is 41.2 Å². The third-order valence-corrected chi connectivity index (χ3v) is 6.14. The van der Waals surface area contributed by atoms with Crippen LogP contribution in [0.2, 0.25) is 0 Å². The van der Waals surface area contributed by atoms with Crippen LogP contribution in [0.5, 0.6) is 5.75 Å². The molecule has 31 heavy (non-hydrogen) atoms. The van der Waals surface area contributed by atoms with E-state index in [0.29, 0.717) is 19.1 Å². The Labute approximate surface area is 178 Å². The predicted molar refractivity (Wildman–Crippen MR) is 115 cm³/mol. The first-order chi connectivity index (χ1) is 15.1. The Morgan fingerprint density at radius 2 is 2.00 bits per heavy atom. The number of fused-ring (bicyclic) bond motifs is 3. The summed E-state index contributed by atoms with van der Waals surface area (Å²) in [6, 6.07) is 9.63. The van der Waals surface area contributed by atoms with Gasteiger partial charge in [0.25, 0.3) is 0 Å². The van der Waals surface area contributed by atoms with Crippen molar-refractivity contribution in [2.24, 2.45) is 0 Å². The Morgan fingerprint density at radius 1 is 1.19 bits per heavy atom. The summed E-state index contributed by atoms with van der Waals surface area (Å²) < 4.78 is 7.93. The van der Waals surface area contributed by atoms with Gasteiger partial charge in [-0.25, -0.2) is 9.97 Å². The van der Waals surface area contributed by atoms with Gasteiger partial charge in [-0.3, -0.25) is 9.20 Å². The summed E-state index contributed by atoms with van der Waals surface area (Å²) >= 11 is 0. The van der Waals surface area contributed by atoms with Gasteiger partial charge >= 0.3 is 0 Å².